The summed E-state index contributed by atoms with van der Waals surface area (Å²) in [6, 6.07) is 0. The first-order chi connectivity index (χ1) is 21.1. The molecule has 0 aromatic heterocycles. The molecule has 0 rings (SSSR count). The van der Waals surface area contributed by atoms with E-state index in [9.17, 15) is 0 Å². The van der Waals surface area contributed by atoms with Gasteiger partial charge in [-0.3, -0.25) is 0 Å². The van der Waals surface area contributed by atoms with Gasteiger partial charge < -0.3 is 0 Å². The minimum Gasteiger partial charge on any atom is -0.0988 e. The van der Waals surface area contributed by atoms with Gasteiger partial charge in [0.2, 0.25) is 0 Å². The van der Waals surface area contributed by atoms with Crippen molar-refractivity contribution in [2.75, 3.05) is 0 Å². The van der Waals surface area contributed by atoms with Gasteiger partial charge in [-0.15, -0.1) is 0 Å². The highest BCUT2D eigenvalue weighted by Gasteiger charge is 2.21. The molecule has 262 valence electrons. The van der Waals surface area contributed by atoms with Crippen molar-refractivity contribution in [1.29, 1.82) is 0 Å². The van der Waals surface area contributed by atoms with E-state index >= 15 is 0 Å². The van der Waals surface area contributed by atoms with Gasteiger partial charge in [0.05, 0.1) is 0 Å². The molecule has 0 spiro atoms. The average Bonchev–Trinajstić information content (AvgIpc) is 2.97. The number of hydrogen-bond acceptors (Lipinski definition) is 0. The molecule has 0 unspecified atom stereocenters. The first-order valence-corrected chi connectivity index (χ1v) is 17.3. The highest BCUT2D eigenvalue weighted by molar-refractivity contribution is 5.29. The second-order valence-corrected chi connectivity index (χ2v) is 14.8. The summed E-state index contributed by atoms with van der Waals surface area (Å²) in [4.78, 5) is 0. The monoisotopic (exact) mass is 631 g/mol. The van der Waals surface area contributed by atoms with Gasteiger partial charge in [-0.2, -0.15) is 0 Å². The summed E-state index contributed by atoms with van der Waals surface area (Å²) in [5.74, 6) is 0.786. The zero-order valence-electron chi connectivity index (χ0n) is 34.0. The summed E-state index contributed by atoms with van der Waals surface area (Å²) >= 11 is 0. The van der Waals surface area contributed by atoms with Crippen molar-refractivity contribution in [2.45, 2.75) is 143 Å². The Morgan fingerprint density at radius 3 is 1.37 bits per heavy atom. The van der Waals surface area contributed by atoms with Crippen molar-refractivity contribution in [1.82, 2.24) is 0 Å². The largest absolute Gasteiger partial charge is 0.0988 e. The molecule has 0 bridgehead atoms. The Morgan fingerprint density at radius 2 is 1.04 bits per heavy atom. The third-order valence-corrected chi connectivity index (χ3v) is 7.64. The summed E-state index contributed by atoms with van der Waals surface area (Å²) in [5.41, 5.74) is 10.2. The zero-order valence-corrected chi connectivity index (χ0v) is 34.0. The fourth-order valence-corrected chi connectivity index (χ4v) is 3.97. The van der Waals surface area contributed by atoms with Crippen LogP contribution in [-0.2, 0) is 0 Å². The fraction of sp³-hybridized carbons (Fsp3) is 0.522. The number of hydrogen-bond donors (Lipinski definition) is 0. The number of allylic oxidation sites excluding steroid dienone is 19. The smallest absolute Gasteiger partial charge is 0.0143 e. The van der Waals surface area contributed by atoms with E-state index in [-0.39, 0.29) is 0 Å². The van der Waals surface area contributed by atoms with Crippen molar-refractivity contribution in [2.24, 2.45) is 16.7 Å². The Labute approximate surface area is 291 Å². The predicted molar refractivity (Wildman–Crippen MR) is 220 cm³/mol. The van der Waals surface area contributed by atoms with E-state index in [0.717, 1.165) is 17.1 Å². The molecular formula is C46H78. The van der Waals surface area contributed by atoms with Crippen LogP contribution >= 0.6 is 0 Å². The molecule has 0 aliphatic heterocycles. The SMILES string of the molecule is C/C=C(\C)CCCC(C)(C)C.C=C/C(C)=C/C.C=C/C(C)=C/C=C/C=C(C)/C=C/C=C(\C)C=C.CC(C)=C(C)C(C)(C)CC(C)C. The first-order valence-electron chi connectivity index (χ1n) is 17.3. The Balaban J connectivity index is -0.000000270. The van der Waals surface area contributed by atoms with E-state index in [4.69, 9.17) is 0 Å². The molecule has 0 aliphatic carbocycles. The molecule has 0 N–H and O–H groups in total. The van der Waals surface area contributed by atoms with Gasteiger partial charge >= 0.3 is 0 Å². The second-order valence-electron chi connectivity index (χ2n) is 14.8. The van der Waals surface area contributed by atoms with Crippen LogP contribution in [0.3, 0.4) is 0 Å². The molecule has 0 amide bonds. The summed E-state index contributed by atoms with van der Waals surface area (Å²) < 4.78 is 0. The molecule has 0 radical (unpaired) electrons. The van der Waals surface area contributed by atoms with Crippen LogP contribution in [-0.4, -0.2) is 0 Å². The quantitative estimate of drug-likeness (QED) is 0.140. The van der Waals surface area contributed by atoms with Crippen LogP contribution in [0.2, 0.25) is 0 Å². The molecule has 0 atom stereocenters. The lowest BCUT2D eigenvalue weighted by Gasteiger charge is -2.29. The molecule has 0 aliphatic rings. The lowest BCUT2D eigenvalue weighted by atomic mass is 9.76. The standard InChI is InChI=1S/C17H22.C12H24.C11H22.C6H10/c1-6-15(3)11-8-9-12-17(5)14-10-13-16(4)7-2;1-9(2)8-12(6,7)11(5)10(3)4;1-6-10(2)8-7-9-11(3,4)5;1-4-6(3)5-2/h6-14H,1-2H2,3-5H3;9H,8H2,1-7H3;6H,7-9H2,1-5H3;4-5H,1H2,2-3H3/b9-8+,14-10+,15-11+,16-13+,17-12+;;10-6+;6-5+. The van der Waals surface area contributed by atoms with Crippen LogP contribution in [0.5, 0.6) is 0 Å². The summed E-state index contributed by atoms with van der Waals surface area (Å²) in [6.45, 7) is 48.3. The van der Waals surface area contributed by atoms with E-state index < -0.39 is 0 Å². The van der Waals surface area contributed by atoms with Gasteiger partial charge in [0, 0.05) is 0 Å². The van der Waals surface area contributed by atoms with Gasteiger partial charge in [-0.05, 0) is 112 Å². The number of rotatable bonds is 13. The maximum atomic E-state index is 3.70. The highest BCUT2D eigenvalue weighted by Crippen LogP contribution is 2.34. The molecule has 0 aromatic rings. The Morgan fingerprint density at radius 1 is 0.609 bits per heavy atom. The molecule has 0 aromatic carbocycles. The molecular weight excluding hydrogens is 553 g/mol. The minimum atomic E-state index is 0.382. The van der Waals surface area contributed by atoms with E-state index in [2.05, 4.69) is 128 Å². The van der Waals surface area contributed by atoms with E-state index in [1.54, 1.807) is 5.57 Å². The molecule has 46 heavy (non-hydrogen) atoms. The maximum Gasteiger partial charge on any atom is -0.0143 e. The Hall–Kier alpha value is -2.86. The van der Waals surface area contributed by atoms with Crippen LogP contribution in [0, 0.1) is 16.7 Å². The molecule has 0 heterocycles. The normalized spacial score (nSPS) is 13.3. The lowest BCUT2D eigenvalue weighted by molar-refractivity contribution is 0.342. The van der Waals surface area contributed by atoms with Crippen LogP contribution in [0.15, 0.2) is 132 Å². The maximum absolute atomic E-state index is 3.70. The lowest BCUT2D eigenvalue weighted by Crippen LogP contribution is -2.16. The van der Waals surface area contributed by atoms with Gasteiger partial charge in [-0.25, -0.2) is 0 Å². The van der Waals surface area contributed by atoms with Gasteiger partial charge in [0.1, 0.15) is 0 Å². The molecule has 0 nitrogen and oxygen atoms in total. The van der Waals surface area contributed by atoms with Crippen LogP contribution in [0.4, 0.5) is 0 Å². The van der Waals surface area contributed by atoms with Crippen molar-refractivity contribution < 1.29 is 0 Å². The van der Waals surface area contributed by atoms with E-state index in [1.807, 2.05) is 82.4 Å². The van der Waals surface area contributed by atoms with Crippen molar-refractivity contribution in [3.63, 3.8) is 0 Å². The van der Waals surface area contributed by atoms with Gasteiger partial charge in [0.25, 0.3) is 0 Å². The second kappa shape index (κ2) is 29.5. The third-order valence-electron chi connectivity index (χ3n) is 7.64. The molecule has 0 fully saturated rings. The summed E-state index contributed by atoms with van der Waals surface area (Å²) in [7, 11) is 0. The average molecular weight is 631 g/mol. The first kappa shape index (κ1) is 50.0. The van der Waals surface area contributed by atoms with Crippen molar-refractivity contribution >= 4 is 0 Å². The van der Waals surface area contributed by atoms with Gasteiger partial charge in [-0.1, -0.05) is 180 Å². The fourth-order valence-electron chi connectivity index (χ4n) is 3.97. The topological polar surface area (TPSA) is 0 Å². The Bertz CT molecular complexity index is 1080. The van der Waals surface area contributed by atoms with E-state index in [0.29, 0.717) is 10.8 Å². The van der Waals surface area contributed by atoms with Gasteiger partial charge in [0.15, 0.2) is 0 Å². The van der Waals surface area contributed by atoms with Crippen LogP contribution in [0.1, 0.15) is 143 Å². The molecule has 0 saturated heterocycles. The Kier molecular flexibility index (Phi) is 32.1. The van der Waals surface area contributed by atoms with Crippen LogP contribution in [0.25, 0.3) is 0 Å². The molecule has 0 saturated carbocycles. The summed E-state index contributed by atoms with van der Waals surface area (Å²) in [6.07, 6.45) is 29.2. The third kappa shape index (κ3) is 37.3. The van der Waals surface area contributed by atoms with Crippen molar-refractivity contribution in [3.8, 4) is 0 Å². The van der Waals surface area contributed by atoms with Crippen LogP contribution < -0.4 is 0 Å². The molecule has 0 heteroatoms. The van der Waals surface area contributed by atoms with E-state index in [1.165, 1.54) is 48.0 Å². The summed E-state index contributed by atoms with van der Waals surface area (Å²) in [5, 5.41) is 0. The minimum absolute atomic E-state index is 0.382. The zero-order chi connectivity index (χ0) is 36.9. The highest BCUT2D eigenvalue weighted by atomic mass is 14.3. The predicted octanol–water partition coefficient (Wildman–Crippen LogP) is 16.0. The van der Waals surface area contributed by atoms with Crippen molar-refractivity contribution in [3.05, 3.63) is 132 Å².